The van der Waals surface area contributed by atoms with Crippen molar-refractivity contribution in [3.8, 4) is 17.2 Å². The van der Waals surface area contributed by atoms with Crippen LogP contribution in [0.3, 0.4) is 0 Å². The van der Waals surface area contributed by atoms with Crippen molar-refractivity contribution in [3.63, 3.8) is 0 Å². The minimum atomic E-state index is -1.22. The Morgan fingerprint density at radius 2 is 2.18 bits per heavy atom. The molecule has 1 aliphatic rings. The second-order valence-corrected chi connectivity index (χ2v) is 8.34. The molecule has 0 radical (unpaired) electrons. The average molecular weight is 491 g/mol. The Morgan fingerprint density at radius 1 is 1.38 bits per heavy atom. The van der Waals surface area contributed by atoms with Gasteiger partial charge in [0.1, 0.15) is 12.1 Å². The number of fused-ring (bicyclic) bond motifs is 1. The number of amides is 1. The van der Waals surface area contributed by atoms with Gasteiger partial charge in [-0.2, -0.15) is 5.26 Å². The molecule has 8 nitrogen and oxygen atoms in total. The summed E-state index contributed by atoms with van der Waals surface area (Å²) in [4.78, 5) is 24.2. The Kier molecular flexibility index (Phi) is 6.97. The third-order valence-electron chi connectivity index (χ3n) is 5.68. The second kappa shape index (κ2) is 9.93. The van der Waals surface area contributed by atoms with Gasteiger partial charge in [0.25, 0.3) is 5.91 Å². The van der Waals surface area contributed by atoms with Gasteiger partial charge in [-0.05, 0) is 36.7 Å². The van der Waals surface area contributed by atoms with E-state index in [1.165, 1.54) is 35.9 Å². The van der Waals surface area contributed by atoms with Crippen LogP contribution in [0.15, 0.2) is 33.5 Å². The molecule has 2 aromatic carbocycles. The van der Waals surface area contributed by atoms with Crippen molar-refractivity contribution < 1.29 is 22.7 Å². The Bertz CT molecular complexity index is 1340. The van der Waals surface area contributed by atoms with Gasteiger partial charge < -0.3 is 19.8 Å². The maximum Gasteiger partial charge on any atom is 0.419 e. The average Bonchev–Trinajstić information content (AvgIpc) is 3.01. The molecular weight excluding hydrogens is 470 g/mol. The molecule has 1 saturated heterocycles. The van der Waals surface area contributed by atoms with Crippen molar-refractivity contribution in [3.05, 3.63) is 57.0 Å². The number of rotatable bonds is 5. The van der Waals surface area contributed by atoms with Crippen LogP contribution in [0.25, 0.3) is 22.2 Å². The minimum Gasteiger partial charge on any atom is -0.408 e. The first-order valence-corrected chi connectivity index (χ1v) is 11.0. The standard InChI is InChI=1S/C23H21ClF2N4O4/c1-30-17-7-12(3-4-18(17)34-23(30)32)14-9-16(24)15(21(26)20(14)25)8-13(10-27)29-22(31)19-11-28-5-2-6-33-19/h3-4,7,9,13,19,28H,2,5-6,8,11H2,1H3,(H,29,31). The van der Waals surface area contributed by atoms with Crippen LogP contribution >= 0.6 is 11.6 Å². The number of hydrogen-bond acceptors (Lipinski definition) is 6. The molecule has 1 fully saturated rings. The Labute approximate surface area is 198 Å². The highest BCUT2D eigenvalue weighted by Gasteiger charge is 2.26. The predicted molar refractivity (Wildman–Crippen MR) is 120 cm³/mol. The number of aromatic nitrogens is 1. The number of ether oxygens (including phenoxy) is 1. The molecule has 1 aromatic heterocycles. The van der Waals surface area contributed by atoms with E-state index in [1.54, 1.807) is 0 Å². The van der Waals surface area contributed by atoms with Crippen molar-refractivity contribution in [2.45, 2.75) is 25.0 Å². The topological polar surface area (TPSA) is 109 Å². The van der Waals surface area contributed by atoms with Crippen LogP contribution in [-0.4, -0.2) is 42.3 Å². The highest BCUT2D eigenvalue weighted by molar-refractivity contribution is 6.31. The number of nitrogens with zero attached hydrogens (tertiary/aromatic N) is 2. The summed E-state index contributed by atoms with van der Waals surface area (Å²) in [5.41, 5.74) is 0.658. The Morgan fingerprint density at radius 3 is 2.94 bits per heavy atom. The molecule has 0 aliphatic carbocycles. The lowest BCUT2D eigenvalue weighted by atomic mass is 9.98. The monoisotopic (exact) mass is 490 g/mol. The van der Waals surface area contributed by atoms with Crippen molar-refractivity contribution in [2.75, 3.05) is 19.7 Å². The number of benzene rings is 2. The second-order valence-electron chi connectivity index (χ2n) is 7.93. The number of oxazole rings is 1. The van der Waals surface area contributed by atoms with Crippen LogP contribution in [0.2, 0.25) is 5.02 Å². The molecule has 2 heterocycles. The summed E-state index contributed by atoms with van der Waals surface area (Å²) in [6.07, 6.45) is -0.368. The molecule has 2 atom stereocenters. The fourth-order valence-corrected chi connectivity index (χ4v) is 4.07. The van der Waals surface area contributed by atoms with Gasteiger partial charge >= 0.3 is 5.76 Å². The molecule has 4 rings (SSSR count). The lowest BCUT2D eigenvalue weighted by molar-refractivity contribution is -0.132. The maximum atomic E-state index is 15.1. The summed E-state index contributed by atoms with van der Waals surface area (Å²) in [6.45, 7) is 1.39. The van der Waals surface area contributed by atoms with Crippen LogP contribution in [0.4, 0.5) is 8.78 Å². The van der Waals surface area contributed by atoms with Crippen LogP contribution in [0.5, 0.6) is 0 Å². The number of hydrogen-bond donors (Lipinski definition) is 2. The molecule has 2 N–H and O–H groups in total. The molecule has 1 amide bonds. The smallest absolute Gasteiger partial charge is 0.408 e. The molecule has 11 heteroatoms. The fourth-order valence-electron chi connectivity index (χ4n) is 3.81. The molecule has 34 heavy (non-hydrogen) atoms. The van der Waals surface area contributed by atoms with Crippen LogP contribution in [0.1, 0.15) is 12.0 Å². The minimum absolute atomic E-state index is 0.100. The van der Waals surface area contributed by atoms with Gasteiger partial charge in [-0.1, -0.05) is 17.7 Å². The van der Waals surface area contributed by atoms with E-state index in [2.05, 4.69) is 10.6 Å². The summed E-state index contributed by atoms with van der Waals surface area (Å²) in [7, 11) is 1.50. The van der Waals surface area contributed by atoms with Gasteiger partial charge in [0, 0.05) is 42.8 Å². The summed E-state index contributed by atoms with van der Waals surface area (Å²) < 4.78 is 41.9. The van der Waals surface area contributed by atoms with Gasteiger partial charge in [0.05, 0.1) is 11.6 Å². The lowest BCUT2D eigenvalue weighted by Gasteiger charge is -2.19. The van der Waals surface area contributed by atoms with Crippen molar-refractivity contribution in [1.29, 1.82) is 5.26 Å². The highest BCUT2D eigenvalue weighted by atomic mass is 35.5. The summed E-state index contributed by atoms with van der Waals surface area (Å²) >= 11 is 6.28. The quantitative estimate of drug-likeness (QED) is 0.532. The molecule has 178 valence electrons. The van der Waals surface area contributed by atoms with E-state index >= 15 is 8.78 Å². The summed E-state index contributed by atoms with van der Waals surface area (Å²) in [5, 5.41) is 14.9. The van der Waals surface area contributed by atoms with Crippen molar-refractivity contribution >= 4 is 28.6 Å². The number of aryl methyl sites for hydroxylation is 1. The zero-order valence-corrected chi connectivity index (χ0v) is 18.9. The van der Waals surface area contributed by atoms with Gasteiger partial charge in [-0.3, -0.25) is 9.36 Å². The molecule has 3 aromatic rings. The predicted octanol–water partition coefficient (Wildman–Crippen LogP) is 2.66. The van der Waals surface area contributed by atoms with E-state index in [0.717, 1.165) is 6.42 Å². The molecule has 0 spiro atoms. The molecule has 1 aliphatic heterocycles. The van der Waals surface area contributed by atoms with Crippen LogP contribution < -0.4 is 16.4 Å². The van der Waals surface area contributed by atoms with E-state index in [9.17, 15) is 14.9 Å². The summed E-state index contributed by atoms with van der Waals surface area (Å²) in [6, 6.07) is 6.46. The van der Waals surface area contributed by atoms with E-state index in [0.29, 0.717) is 24.3 Å². The third-order valence-corrected chi connectivity index (χ3v) is 6.01. The number of carbonyl (C=O) groups is 1. The highest BCUT2D eigenvalue weighted by Crippen LogP contribution is 2.33. The zero-order valence-electron chi connectivity index (χ0n) is 18.2. The Hall–Kier alpha value is -3.26. The maximum absolute atomic E-state index is 15.1. The third kappa shape index (κ3) is 4.68. The number of nitriles is 1. The molecule has 0 bridgehead atoms. The van der Waals surface area contributed by atoms with Crippen molar-refractivity contribution in [2.24, 2.45) is 7.05 Å². The first-order chi connectivity index (χ1) is 16.3. The lowest BCUT2D eigenvalue weighted by Crippen LogP contribution is -2.46. The zero-order chi connectivity index (χ0) is 24.4. The van der Waals surface area contributed by atoms with Gasteiger partial charge in [0.2, 0.25) is 0 Å². The van der Waals surface area contributed by atoms with Crippen molar-refractivity contribution in [1.82, 2.24) is 15.2 Å². The largest absolute Gasteiger partial charge is 0.419 e. The van der Waals surface area contributed by atoms with Gasteiger partial charge in [0.15, 0.2) is 17.2 Å². The van der Waals surface area contributed by atoms with E-state index in [4.69, 9.17) is 20.8 Å². The SMILES string of the molecule is Cn1c(=O)oc2ccc(-c3cc(Cl)c(CC(C#N)NC(=O)C4CNCCCO4)c(F)c3F)cc21. The van der Waals surface area contributed by atoms with E-state index in [-0.39, 0.29) is 34.7 Å². The van der Waals surface area contributed by atoms with Crippen LogP contribution in [0, 0.1) is 23.0 Å². The van der Waals surface area contributed by atoms with Gasteiger partial charge in [-0.15, -0.1) is 0 Å². The number of nitrogens with one attached hydrogen (secondary N) is 2. The number of carbonyl (C=O) groups excluding carboxylic acids is 1. The number of halogens is 3. The van der Waals surface area contributed by atoms with Crippen LogP contribution in [-0.2, 0) is 23.0 Å². The molecule has 2 unspecified atom stereocenters. The normalized spacial score (nSPS) is 17.2. The molecular formula is C23H21ClF2N4O4. The molecule has 0 saturated carbocycles. The Balaban J connectivity index is 1.59. The van der Waals surface area contributed by atoms with Gasteiger partial charge in [-0.25, -0.2) is 13.6 Å². The first kappa shape index (κ1) is 23.9. The summed E-state index contributed by atoms with van der Waals surface area (Å²) in [5.74, 6) is -3.48. The first-order valence-electron chi connectivity index (χ1n) is 10.6. The van der Waals surface area contributed by atoms with E-state index < -0.39 is 35.4 Å². The fraction of sp³-hybridized carbons (Fsp3) is 0.348. The van der Waals surface area contributed by atoms with E-state index in [1.807, 2.05) is 6.07 Å².